The number of anilines is 2. The summed E-state index contributed by atoms with van der Waals surface area (Å²) in [6.07, 6.45) is -4.50. The molecule has 0 aromatic heterocycles. The van der Waals surface area contributed by atoms with Crippen LogP contribution >= 0.6 is 0 Å². The van der Waals surface area contributed by atoms with Crippen LogP contribution in [0.1, 0.15) is 6.92 Å². The van der Waals surface area contributed by atoms with Crippen LogP contribution in [0.25, 0.3) is 0 Å². The predicted octanol–water partition coefficient (Wildman–Crippen LogP) is 1.46. The van der Waals surface area contributed by atoms with E-state index in [1.807, 2.05) is 6.92 Å². The van der Waals surface area contributed by atoms with Gasteiger partial charge in [0.2, 0.25) is 15.9 Å². The van der Waals surface area contributed by atoms with Crippen molar-refractivity contribution in [2.75, 3.05) is 44.4 Å². The summed E-state index contributed by atoms with van der Waals surface area (Å²) in [5.74, 6) is -0.861. The van der Waals surface area contributed by atoms with Crippen LogP contribution in [0.2, 0.25) is 0 Å². The van der Waals surface area contributed by atoms with Crippen molar-refractivity contribution in [3.05, 3.63) is 18.2 Å². The lowest BCUT2D eigenvalue weighted by molar-refractivity contribution is -0.137. The first-order chi connectivity index (χ1) is 11.5. The molecule has 0 bridgehead atoms. The Balaban J connectivity index is 2.94. The van der Waals surface area contributed by atoms with E-state index in [1.54, 1.807) is 5.32 Å². The molecule has 0 spiro atoms. The topological polar surface area (TPSA) is 90.5 Å². The normalized spacial score (nSPS) is 12.1. The maximum atomic E-state index is 12.2. The van der Waals surface area contributed by atoms with Crippen LogP contribution in [-0.2, 0) is 14.8 Å². The van der Waals surface area contributed by atoms with Crippen LogP contribution < -0.4 is 16.0 Å². The molecule has 0 aliphatic heterocycles. The van der Waals surface area contributed by atoms with E-state index >= 15 is 0 Å². The van der Waals surface area contributed by atoms with E-state index in [2.05, 4.69) is 10.6 Å². The number of benzene rings is 1. The molecular formula is C14H21F3N4O3S. The standard InChI is InChI=1S/C14H21F3N4O3S/c1-4-18-11-6-5-10(25(23,24)21(2)3)7-12(11)19-8-13(22)20-9-14(15,16)17/h5-7,18-19H,4,8-9H2,1-3H3,(H,20,22). The summed E-state index contributed by atoms with van der Waals surface area (Å²) in [4.78, 5) is 11.5. The zero-order chi connectivity index (χ0) is 19.3. The molecule has 0 heterocycles. The molecule has 142 valence electrons. The van der Waals surface area contributed by atoms with Crippen LogP contribution in [-0.4, -0.2) is 58.5 Å². The molecule has 1 amide bonds. The first-order valence-corrected chi connectivity index (χ1v) is 8.79. The molecular weight excluding hydrogens is 361 g/mol. The van der Waals surface area contributed by atoms with E-state index in [-0.39, 0.29) is 4.90 Å². The number of nitrogens with zero attached hydrogens (tertiary/aromatic N) is 1. The minimum atomic E-state index is -4.50. The molecule has 25 heavy (non-hydrogen) atoms. The Morgan fingerprint density at radius 2 is 1.80 bits per heavy atom. The molecule has 11 heteroatoms. The number of carbonyl (C=O) groups is 1. The van der Waals surface area contributed by atoms with Gasteiger partial charge in [0.1, 0.15) is 6.54 Å². The Hall–Kier alpha value is -2.01. The van der Waals surface area contributed by atoms with Gasteiger partial charge in [0.15, 0.2) is 0 Å². The molecule has 7 nitrogen and oxygen atoms in total. The van der Waals surface area contributed by atoms with Crippen LogP contribution in [0.3, 0.4) is 0 Å². The summed E-state index contributed by atoms with van der Waals surface area (Å²) in [6, 6.07) is 4.25. The van der Waals surface area contributed by atoms with Crippen molar-refractivity contribution in [2.24, 2.45) is 0 Å². The van der Waals surface area contributed by atoms with Crippen LogP contribution in [0, 0.1) is 0 Å². The summed E-state index contributed by atoms with van der Waals surface area (Å²) in [6.45, 7) is 0.502. The summed E-state index contributed by atoms with van der Waals surface area (Å²) in [7, 11) is -0.923. The fraction of sp³-hybridized carbons (Fsp3) is 0.500. The van der Waals surface area contributed by atoms with E-state index in [9.17, 15) is 26.4 Å². The summed E-state index contributed by atoms with van der Waals surface area (Å²) < 4.78 is 61.7. The average molecular weight is 382 g/mol. The smallest absolute Gasteiger partial charge is 0.384 e. The van der Waals surface area contributed by atoms with Gasteiger partial charge in [0, 0.05) is 20.6 Å². The van der Waals surface area contributed by atoms with Crippen LogP contribution in [0.15, 0.2) is 23.1 Å². The molecule has 0 saturated carbocycles. The van der Waals surface area contributed by atoms with Gasteiger partial charge < -0.3 is 16.0 Å². The highest BCUT2D eigenvalue weighted by Gasteiger charge is 2.27. The maximum Gasteiger partial charge on any atom is 0.405 e. The van der Waals surface area contributed by atoms with Crippen molar-refractivity contribution in [2.45, 2.75) is 18.0 Å². The molecule has 1 rings (SSSR count). The van der Waals surface area contributed by atoms with Crippen LogP contribution in [0.5, 0.6) is 0 Å². The SMILES string of the molecule is CCNc1ccc(S(=O)(=O)N(C)C)cc1NCC(=O)NCC(F)(F)F. The van der Waals surface area contributed by atoms with E-state index in [0.29, 0.717) is 17.9 Å². The zero-order valence-corrected chi connectivity index (χ0v) is 14.9. The fourth-order valence-corrected chi connectivity index (χ4v) is 2.75. The predicted molar refractivity (Wildman–Crippen MR) is 89.0 cm³/mol. The Bertz CT molecular complexity index is 706. The summed E-state index contributed by atoms with van der Waals surface area (Å²) >= 11 is 0. The third-order valence-corrected chi connectivity index (χ3v) is 4.87. The van der Waals surface area contributed by atoms with Gasteiger partial charge in [-0.15, -0.1) is 0 Å². The second-order valence-corrected chi connectivity index (χ2v) is 7.42. The highest BCUT2D eigenvalue weighted by atomic mass is 32.2. The van der Waals surface area contributed by atoms with Gasteiger partial charge in [0.25, 0.3) is 0 Å². The highest BCUT2D eigenvalue weighted by molar-refractivity contribution is 7.89. The molecule has 1 aromatic rings. The number of hydrogen-bond donors (Lipinski definition) is 3. The molecule has 0 saturated heterocycles. The zero-order valence-electron chi connectivity index (χ0n) is 14.1. The summed E-state index contributed by atoms with van der Waals surface area (Å²) in [5.41, 5.74) is 0.829. The van der Waals surface area contributed by atoms with E-state index in [0.717, 1.165) is 4.31 Å². The second-order valence-electron chi connectivity index (χ2n) is 5.27. The minimum absolute atomic E-state index is 0.00245. The van der Waals surface area contributed by atoms with Gasteiger partial charge in [-0.05, 0) is 25.1 Å². The van der Waals surface area contributed by atoms with E-state index in [1.165, 1.54) is 32.3 Å². The second kappa shape index (κ2) is 8.39. The minimum Gasteiger partial charge on any atom is -0.384 e. The summed E-state index contributed by atoms with van der Waals surface area (Å²) in [5, 5.41) is 7.38. The number of amides is 1. The molecule has 0 atom stereocenters. The number of halogens is 3. The fourth-order valence-electron chi connectivity index (χ4n) is 1.82. The number of sulfonamides is 1. The third-order valence-electron chi connectivity index (χ3n) is 3.06. The number of alkyl halides is 3. The van der Waals surface area contributed by atoms with Crippen molar-refractivity contribution in [3.8, 4) is 0 Å². The molecule has 0 fully saturated rings. The number of hydrogen-bond acceptors (Lipinski definition) is 5. The Kier molecular flexibility index (Phi) is 7.06. The largest absolute Gasteiger partial charge is 0.405 e. The molecule has 0 radical (unpaired) electrons. The van der Waals surface area contributed by atoms with Crippen molar-refractivity contribution in [3.63, 3.8) is 0 Å². The average Bonchev–Trinajstić information content (AvgIpc) is 2.51. The van der Waals surface area contributed by atoms with E-state index in [4.69, 9.17) is 0 Å². The van der Waals surface area contributed by atoms with E-state index < -0.39 is 35.2 Å². The van der Waals surface area contributed by atoms with Crippen molar-refractivity contribution in [1.29, 1.82) is 0 Å². The lowest BCUT2D eigenvalue weighted by atomic mass is 10.2. The molecule has 1 aromatic carbocycles. The lowest BCUT2D eigenvalue weighted by Crippen LogP contribution is -2.37. The number of rotatable bonds is 8. The van der Waals surface area contributed by atoms with Gasteiger partial charge in [-0.3, -0.25) is 4.79 Å². The molecule has 3 N–H and O–H groups in total. The Labute approximate surface area is 144 Å². The van der Waals surface area contributed by atoms with Crippen molar-refractivity contribution >= 4 is 27.3 Å². The lowest BCUT2D eigenvalue weighted by Gasteiger charge is -2.17. The number of nitrogens with one attached hydrogen (secondary N) is 3. The first-order valence-electron chi connectivity index (χ1n) is 7.35. The van der Waals surface area contributed by atoms with Gasteiger partial charge in [-0.2, -0.15) is 13.2 Å². The maximum absolute atomic E-state index is 12.2. The van der Waals surface area contributed by atoms with Gasteiger partial charge in [0.05, 0.1) is 22.8 Å². The third kappa shape index (κ3) is 6.42. The van der Waals surface area contributed by atoms with Crippen molar-refractivity contribution < 1.29 is 26.4 Å². The highest BCUT2D eigenvalue weighted by Crippen LogP contribution is 2.26. The number of carbonyl (C=O) groups excluding carboxylic acids is 1. The Morgan fingerprint density at radius 1 is 1.16 bits per heavy atom. The molecule has 0 aliphatic rings. The van der Waals surface area contributed by atoms with Gasteiger partial charge in [-0.25, -0.2) is 12.7 Å². The van der Waals surface area contributed by atoms with Crippen molar-refractivity contribution in [1.82, 2.24) is 9.62 Å². The van der Waals surface area contributed by atoms with Gasteiger partial charge >= 0.3 is 6.18 Å². The molecule has 0 aliphatic carbocycles. The molecule has 0 unspecified atom stereocenters. The monoisotopic (exact) mass is 382 g/mol. The van der Waals surface area contributed by atoms with Crippen LogP contribution in [0.4, 0.5) is 24.5 Å². The Morgan fingerprint density at radius 3 is 2.32 bits per heavy atom. The quantitative estimate of drug-likeness (QED) is 0.633. The first kappa shape index (κ1) is 21.0. The van der Waals surface area contributed by atoms with Gasteiger partial charge in [-0.1, -0.05) is 0 Å².